The zero-order valence-electron chi connectivity index (χ0n) is 22.6. The molecular formula is C29H33NO7S3. The van der Waals surface area contributed by atoms with Crippen LogP contribution in [0.4, 0.5) is 0 Å². The number of hydrogen-bond donors (Lipinski definition) is 0. The van der Waals surface area contributed by atoms with E-state index in [1.165, 1.54) is 12.1 Å². The lowest BCUT2D eigenvalue weighted by Gasteiger charge is -2.33. The van der Waals surface area contributed by atoms with Gasteiger partial charge < -0.3 is 4.90 Å². The summed E-state index contributed by atoms with van der Waals surface area (Å²) in [7, 11) is -10.3. The number of benzene rings is 3. The zero-order valence-corrected chi connectivity index (χ0v) is 25.1. The Morgan fingerprint density at radius 3 is 1.68 bits per heavy atom. The van der Waals surface area contributed by atoms with Crippen molar-refractivity contribution in [3.8, 4) is 0 Å². The summed E-state index contributed by atoms with van der Waals surface area (Å²) in [5, 5.41) is 0. The van der Waals surface area contributed by atoms with Crippen molar-refractivity contribution in [3.05, 3.63) is 89.5 Å². The molecule has 1 aliphatic heterocycles. The molecule has 40 heavy (non-hydrogen) atoms. The van der Waals surface area contributed by atoms with Gasteiger partial charge in [-0.25, -0.2) is 25.3 Å². The molecule has 4 rings (SSSR count). The molecule has 1 atom stereocenters. The van der Waals surface area contributed by atoms with E-state index >= 15 is 0 Å². The summed E-state index contributed by atoms with van der Waals surface area (Å²) in [5.41, 5.74) is 2.26. The monoisotopic (exact) mass is 603 g/mol. The summed E-state index contributed by atoms with van der Waals surface area (Å²) in [5.74, 6) is -0.478. The van der Waals surface area contributed by atoms with Gasteiger partial charge in [-0.15, -0.1) is 0 Å². The van der Waals surface area contributed by atoms with E-state index in [1.54, 1.807) is 47.4 Å². The molecule has 0 aliphatic carbocycles. The fraction of sp³-hybridized carbons (Fsp3) is 0.345. The summed E-state index contributed by atoms with van der Waals surface area (Å²) in [6.07, 6.45) is 4.83. The molecule has 0 aromatic heterocycles. The fourth-order valence-corrected chi connectivity index (χ4v) is 7.16. The quantitative estimate of drug-likeness (QED) is 0.364. The zero-order chi connectivity index (χ0) is 29.3. The molecule has 8 nitrogen and oxygen atoms in total. The smallest absolute Gasteiger partial charge is 0.223 e. The van der Waals surface area contributed by atoms with Crippen LogP contribution in [0.3, 0.4) is 0 Å². The molecule has 0 N–H and O–H groups in total. The van der Waals surface area contributed by atoms with Crippen LogP contribution in [0.25, 0.3) is 0 Å². The number of hydrogen-bond acceptors (Lipinski definition) is 7. The first-order chi connectivity index (χ1) is 18.6. The molecule has 1 unspecified atom stereocenters. The molecule has 3 aromatic carbocycles. The summed E-state index contributed by atoms with van der Waals surface area (Å²) in [6.45, 7) is 0.887. The SMILES string of the molecule is CS(=O)(=O)c1cccc(C2CCN(CCC(c3cccc(S(C)(=O)=O)c3)c3cccc(S(C)(=O)=O)c3)C(=O)C2)c1. The van der Waals surface area contributed by atoms with E-state index in [-0.39, 0.29) is 38.9 Å². The third kappa shape index (κ3) is 7.18. The highest BCUT2D eigenvalue weighted by Gasteiger charge is 2.28. The highest BCUT2D eigenvalue weighted by Crippen LogP contribution is 2.34. The number of carbonyl (C=O) groups is 1. The Kier molecular flexibility index (Phi) is 8.58. The van der Waals surface area contributed by atoms with Gasteiger partial charge in [0.2, 0.25) is 5.91 Å². The van der Waals surface area contributed by atoms with Crippen LogP contribution in [0.1, 0.15) is 47.8 Å². The average Bonchev–Trinajstić information content (AvgIpc) is 2.88. The number of rotatable bonds is 9. The maximum absolute atomic E-state index is 13.2. The second-order valence-corrected chi connectivity index (χ2v) is 16.5. The van der Waals surface area contributed by atoms with Crippen molar-refractivity contribution in [1.82, 2.24) is 4.90 Å². The number of likely N-dealkylation sites (tertiary alicyclic amines) is 1. The third-order valence-electron chi connectivity index (χ3n) is 7.34. The summed E-state index contributed by atoms with van der Waals surface area (Å²) in [6, 6.07) is 20.0. The Morgan fingerprint density at radius 1 is 0.725 bits per heavy atom. The van der Waals surface area contributed by atoms with Crippen molar-refractivity contribution in [3.63, 3.8) is 0 Å². The van der Waals surface area contributed by atoms with Gasteiger partial charge in [-0.3, -0.25) is 4.79 Å². The second kappa shape index (κ2) is 11.5. The fourth-order valence-electron chi connectivity index (χ4n) is 5.13. The molecule has 1 aliphatic rings. The van der Waals surface area contributed by atoms with Crippen molar-refractivity contribution >= 4 is 35.4 Å². The molecule has 3 aromatic rings. The third-order valence-corrected chi connectivity index (χ3v) is 10.7. The summed E-state index contributed by atoms with van der Waals surface area (Å²) < 4.78 is 72.9. The molecule has 1 saturated heterocycles. The van der Waals surface area contributed by atoms with Crippen LogP contribution in [-0.2, 0) is 34.3 Å². The van der Waals surface area contributed by atoms with Gasteiger partial charge in [0, 0.05) is 44.2 Å². The highest BCUT2D eigenvalue weighted by atomic mass is 32.2. The minimum absolute atomic E-state index is 0.0467. The first-order valence-electron chi connectivity index (χ1n) is 12.8. The lowest BCUT2D eigenvalue weighted by Crippen LogP contribution is -2.39. The highest BCUT2D eigenvalue weighted by molar-refractivity contribution is 7.91. The summed E-state index contributed by atoms with van der Waals surface area (Å²) >= 11 is 0. The van der Waals surface area contributed by atoms with Gasteiger partial charge in [-0.1, -0.05) is 36.4 Å². The molecule has 1 heterocycles. The van der Waals surface area contributed by atoms with Crippen molar-refractivity contribution in [2.75, 3.05) is 31.9 Å². The Labute approximate surface area is 236 Å². The number of sulfone groups is 3. The maximum atomic E-state index is 13.2. The first-order valence-corrected chi connectivity index (χ1v) is 18.5. The number of nitrogens with zero attached hydrogens (tertiary/aromatic N) is 1. The Bertz CT molecular complexity index is 1670. The topological polar surface area (TPSA) is 123 Å². The van der Waals surface area contributed by atoms with Crippen LogP contribution in [0.5, 0.6) is 0 Å². The standard InChI is InChI=1S/C29H33NO7S3/c1-38(32,33)25-10-4-7-21(17-25)22-13-15-30(29(31)20-22)16-14-28(23-8-5-11-26(18-23)39(2,34)35)24-9-6-12-27(19-24)40(3,36)37/h4-12,17-19,22,28H,13-16,20H2,1-3H3. The van der Waals surface area contributed by atoms with Gasteiger partial charge in [-0.05, 0) is 71.8 Å². The minimum Gasteiger partial charge on any atom is -0.343 e. The van der Waals surface area contributed by atoms with E-state index in [9.17, 15) is 30.0 Å². The molecule has 1 fully saturated rings. The van der Waals surface area contributed by atoms with Gasteiger partial charge in [0.25, 0.3) is 0 Å². The first kappa shape index (κ1) is 30.0. The van der Waals surface area contributed by atoms with Crippen LogP contribution in [-0.4, -0.2) is 67.9 Å². The Hall–Kier alpha value is -3.02. The van der Waals surface area contributed by atoms with Crippen LogP contribution < -0.4 is 0 Å². The molecule has 0 radical (unpaired) electrons. The number of amides is 1. The molecule has 1 amide bonds. The van der Waals surface area contributed by atoms with Crippen molar-refractivity contribution in [2.24, 2.45) is 0 Å². The molecule has 11 heteroatoms. The maximum Gasteiger partial charge on any atom is 0.223 e. The van der Waals surface area contributed by atoms with Crippen molar-refractivity contribution in [1.29, 1.82) is 0 Å². The molecule has 0 saturated carbocycles. The van der Waals surface area contributed by atoms with E-state index in [1.807, 2.05) is 18.2 Å². The molecular weight excluding hydrogens is 571 g/mol. The predicted octanol–water partition coefficient (Wildman–Crippen LogP) is 3.83. The van der Waals surface area contributed by atoms with Gasteiger partial charge in [0.15, 0.2) is 29.5 Å². The molecule has 0 bridgehead atoms. The Balaban J connectivity index is 1.57. The predicted molar refractivity (Wildman–Crippen MR) is 154 cm³/mol. The van der Waals surface area contributed by atoms with E-state index in [4.69, 9.17) is 0 Å². The normalized spacial score (nSPS) is 16.9. The summed E-state index contributed by atoms with van der Waals surface area (Å²) in [4.78, 5) is 15.5. The van der Waals surface area contributed by atoms with Gasteiger partial charge in [0.05, 0.1) is 14.7 Å². The van der Waals surface area contributed by atoms with Crippen LogP contribution in [0, 0.1) is 0 Å². The number of carbonyl (C=O) groups excluding carboxylic acids is 1. The van der Waals surface area contributed by atoms with E-state index < -0.39 is 29.5 Å². The number of piperidine rings is 1. The van der Waals surface area contributed by atoms with E-state index in [0.717, 1.165) is 24.3 Å². The van der Waals surface area contributed by atoms with Crippen LogP contribution >= 0.6 is 0 Å². The lowest BCUT2D eigenvalue weighted by molar-refractivity contribution is -0.134. The van der Waals surface area contributed by atoms with Crippen molar-refractivity contribution in [2.45, 2.75) is 45.8 Å². The van der Waals surface area contributed by atoms with Crippen LogP contribution in [0.15, 0.2) is 87.5 Å². The van der Waals surface area contributed by atoms with Crippen LogP contribution in [0.2, 0.25) is 0 Å². The largest absolute Gasteiger partial charge is 0.343 e. The van der Waals surface area contributed by atoms with Crippen molar-refractivity contribution < 1.29 is 30.0 Å². The van der Waals surface area contributed by atoms with Gasteiger partial charge in [-0.2, -0.15) is 0 Å². The molecule has 0 spiro atoms. The molecule has 214 valence electrons. The average molecular weight is 604 g/mol. The lowest BCUT2D eigenvalue weighted by atomic mass is 9.86. The second-order valence-electron chi connectivity index (χ2n) is 10.4. The Morgan fingerprint density at radius 2 is 1.20 bits per heavy atom. The van der Waals surface area contributed by atoms with Gasteiger partial charge in [0.1, 0.15) is 0 Å². The minimum atomic E-state index is -3.46. The van der Waals surface area contributed by atoms with Gasteiger partial charge >= 0.3 is 0 Å². The van der Waals surface area contributed by atoms with E-state index in [2.05, 4.69) is 0 Å². The van der Waals surface area contributed by atoms with E-state index in [0.29, 0.717) is 37.1 Å².